The molecule has 5 heteroatoms. The van der Waals surface area contributed by atoms with E-state index in [1.54, 1.807) is 30.5 Å². The molecule has 1 fully saturated rings. The number of nitrogens with zero attached hydrogens (tertiary/aromatic N) is 1. The van der Waals surface area contributed by atoms with Gasteiger partial charge in [0.25, 0.3) is 5.19 Å². The summed E-state index contributed by atoms with van der Waals surface area (Å²) in [5, 5.41) is 2.41. The number of thiazole rings is 1. The molecule has 0 N–H and O–H groups in total. The Hall–Kier alpha value is -1.88. The number of ether oxygens (including phenoxy) is 2. The second kappa shape index (κ2) is 6.72. The first-order valence-electron chi connectivity index (χ1n) is 7.20. The van der Waals surface area contributed by atoms with Gasteiger partial charge in [-0.1, -0.05) is 23.8 Å². The van der Waals surface area contributed by atoms with Crippen LogP contribution in [-0.4, -0.2) is 17.1 Å². The molecule has 1 aromatic carbocycles. The fraction of sp³-hybridized carbons (Fsp3) is 0.375. The van der Waals surface area contributed by atoms with Gasteiger partial charge in [0.15, 0.2) is 0 Å². The molecule has 1 heterocycles. The van der Waals surface area contributed by atoms with E-state index in [9.17, 15) is 4.79 Å². The van der Waals surface area contributed by atoms with Crippen LogP contribution in [0.5, 0.6) is 10.9 Å². The van der Waals surface area contributed by atoms with E-state index in [2.05, 4.69) is 4.98 Å². The quantitative estimate of drug-likeness (QED) is 0.784. The standard InChI is InChI=1S/C16H17NO3S/c18-15(19-13-6-2-1-3-7-13)12-5-4-8-14(11-12)20-16-17-9-10-21-16/h4-5,8-11,13H,1-3,6-7H2. The number of hydrogen-bond donors (Lipinski definition) is 0. The highest BCUT2D eigenvalue weighted by Gasteiger charge is 2.19. The molecule has 0 aliphatic heterocycles. The van der Waals surface area contributed by atoms with E-state index in [-0.39, 0.29) is 12.1 Å². The number of carbonyl (C=O) groups is 1. The molecule has 0 bridgehead atoms. The zero-order chi connectivity index (χ0) is 14.5. The highest BCUT2D eigenvalue weighted by Crippen LogP contribution is 2.25. The molecule has 110 valence electrons. The topological polar surface area (TPSA) is 48.4 Å². The van der Waals surface area contributed by atoms with Crippen LogP contribution in [0, 0.1) is 0 Å². The summed E-state index contributed by atoms with van der Waals surface area (Å²) in [5.41, 5.74) is 0.523. The first-order chi connectivity index (χ1) is 10.3. The minimum Gasteiger partial charge on any atom is -0.459 e. The van der Waals surface area contributed by atoms with Crippen molar-refractivity contribution in [2.45, 2.75) is 38.2 Å². The van der Waals surface area contributed by atoms with Crippen molar-refractivity contribution in [3.63, 3.8) is 0 Å². The van der Waals surface area contributed by atoms with Gasteiger partial charge in [0.1, 0.15) is 11.9 Å². The average Bonchev–Trinajstić information content (AvgIpc) is 3.01. The SMILES string of the molecule is O=C(OC1CCCCC1)c1cccc(Oc2nccs2)c1. The fourth-order valence-electron chi connectivity index (χ4n) is 2.45. The maximum atomic E-state index is 12.2. The molecule has 0 saturated heterocycles. The Labute approximate surface area is 127 Å². The number of hydrogen-bond acceptors (Lipinski definition) is 5. The van der Waals surface area contributed by atoms with Crippen molar-refractivity contribution in [1.82, 2.24) is 4.98 Å². The van der Waals surface area contributed by atoms with Crippen molar-refractivity contribution in [3.05, 3.63) is 41.4 Å². The fourth-order valence-corrected chi connectivity index (χ4v) is 2.95. The minimum atomic E-state index is -0.272. The van der Waals surface area contributed by atoms with Gasteiger partial charge in [0.05, 0.1) is 5.56 Å². The van der Waals surface area contributed by atoms with Crippen molar-refractivity contribution in [2.24, 2.45) is 0 Å². The van der Waals surface area contributed by atoms with Crippen molar-refractivity contribution < 1.29 is 14.3 Å². The van der Waals surface area contributed by atoms with E-state index in [4.69, 9.17) is 9.47 Å². The third-order valence-electron chi connectivity index (χ3n) is 3.51. The predicted octanol–water partition coefficient (Wildman–Crippen LogP) is 4.42. The molecule has 0 amide bonds. The Bertz CT molecular complexity index is 591. The smallest absolute Gasteiger partial charge is 0.338 e. The van der Waals surface area contributed by atoms with Gasteiger partial charge in [-0.25, -0.2) is 9.78 Å². The third kappa shape index (κ3) is 3.82. The Morgan fingerprint density at radius 2 is 2.10 bits per heavy atom. The van der Waals surface area contributed by atoms with Crippen molar-refractivity contribution in [3.8, 4) is 10.9 Å². The molecule has 1 aliphatic rings. The summed E-state index contributed by atoms with van der Waals surface area (Å²) in [5.74, 6) is 0.328. The number of rotatable bonds is 4. The molecule has 3 rings (SSSR count). The predicted molar refractivity (Wildman–Crippen MR) is 80.9 cm³/mol. The molecule has 2 aromatic rings. The van der Waals surface area contributed by atoms with Crippen LogP contribution in [0.2, 0.25) is 0 Å². The molecule has 1 aliphatic carbocycles. The van der Waals surface area contributed by atoms with Crippen LogP contribution in [0.4, 0.5) is 0 Å². The van der Waals surface area contributed by atoms with E-state index < -0.39 is 0 Å². The number of esters is 1. The first-order valence-corrected chi connectivity index (χ1v) is 8.07. The molecule has 0 atom stereocenters. The summed E-state index contributed by atoms with van der Waals surface area (Å²) in [6.07, 6.45) is 7.22. The van der Waals surface area contributed by atoms with E-state index in [0.29, 0.717) is 16.5 Å². The zero-order valence-electron chi connectivity index (χ0n) is 11.7. The molecule has 1 aromatic heterocycles. The second-order valence-corrected chi connectivity index (χ2v) is 5.95. The Balaban J connectivity index is 1.65. The summed E-state index contributed by atoms with van der Waals surface area (Å²) in [7, 11) is 0. The van der Waals surface area contributed by atoms with Gasteiger partial charge >= 0.3 is 5.97 Å². The maximum Gasteiger partial charge on any atom is 0.338 e. The number of carbonyl (C=O) groups excluding carboxylic acids is 1. The summed E-state index contributed by atoms with van der Waals surface area (Å²) >= 11 is 1.41. The van der Waals surface area contributed by atoms with E-state index >= 15 is 0 Å². The van der Waals surface area contributed by atoms with Gasteiger partial charge in [-0.3, -0.25) is 0 Å². The Morgan fingerprint density at radius 3 is 2.86 bits per heavy atom. The van der Waals surface area contributed by atoms with Crippen LogP contribution >= 0.6 is 11.3 Å². The van der Waals surface area contributed by atoms with Crippen LogP contribution in [0.1, 0.15) is 42.5 Å². The third-order valence-corrected chi connectivity index (χ3v) is 4.16. The lowest BCUT2D eigenvalue weighted by atomic mass is 9.98. The van der Waals surface area contributed by atoms with Crippen molar-refractivity contribution >= 4 is 17.3 Å². The van der Waals surface area contributed by atoms with Crippen LogP contribution < -0.4 is 4.74 Å². The van der Waals surface area contributed by atoms with Crippen molar-refractivity contribution in [2.75, 3.05) is 0 Å². The summed E-state index contributed by atoms with van der Waals surface area (Å²) < 4.78 is 11.2. The van der Waals surface area contributed by atoms with E-state index in [1.165, 1.54) is 17.8 Å². The molecule has 0 radical (unpaired) electrons. The monoisotopic (exact) mass is 303 g/mol. The van der Waals surface area contributed by atoms with Crippen LogP contribution in [-0.2, 0) is 4.74 Å². The minimum absolute atomic E-state index is 0.0646. The molecule has 21 heavy (non-hydrogen) atoms. The number of benzene rings is 1. The van der Waals surface area contributed by atoms with Crippen molar-refractivity contribution in [1.29, 1.82) is 0 Å². The average molecular weight is 303 g/mol. The van der Waals surface area contributed by atoms with Crippen LogP contribution in [0.25, 0.3) is 0 Å². The maximum absolute atomic E-state index is 12.2. The lowest BCUT2D eigenvalue weighted by molar-refractivity contribution is 0.0211. The van der Waals surface area contributed by atoms with Crippen LogP contribution in [0.3, 0.4) is 0 Å². The van der Waals surface area contributed by atoms with Gasteiger partial charge in [-0.05, 0) is 43.9 Å². The lowest BCUT2D eigenvalue weighted by Crippen LogP contribution is -2.20. The Morgan fingerprint density at radius 1 is 1.24 bits per heavy atom. The van der Waals surface area contributed by atoms with E-state index in [1.807, 2.05) is 5.38 Å². The summed E-state index contributed by atoms with van der Waals surface area (Å²) in [6, 6.07) is 7.05. The molecule has 0 spiro atoms. The second-order valence-electron chi connectivity index (χ2n) is 5.09. The van der Waals surface area contributed by atoms with Gasteiger partial charge in [-0.2, -0.15) is 0 Å². The van der Waals surface area contributed by atoms with Gasteiger partial charge in [0, 0.05) is 11.6 Å². The Kier molecular flexibility index (Phi) is 4.50. The normalized spacial score (nSPS) is 15.6. The van der Waals surface area contributed by atoms with Gasteiger partial charge in [0.2, 0.25) is 0 Å². The highest BCUT2D eigenvalue weighted by atomic mass is 32.1. The van der Waals surface area contributed by atoms with Crippen LogP contribution in [0.15, 0.2) is 35.8 Å². The molecular formula is C16H17NO3S. The zero-order valence-corrected chi connectivity index (χ0v) is 12.5. The molecular weight excluding hydrogens is 286 g/mol. The molecule has 4 nitrogen and oxygen atoms in total. The van der Waals surface area contributed by atoms with E-state index in [0.717, 1.165) is 25.7 Å². The summed E-state index contributed by atoms with van der Waals surface area (Å²) in [6.45, 7) is 0. The van der Waals surface area contributed by atoms with Gasteiger partial charge in [-0.15, -0.1) is 0 Å². The van der Waals surface area contributed by atoms with Gasteiger partial charge < -0.3 is 9.47 Å². The summed E-state index contributed by atoms with van der Waals surface area (Å²) in [4.78, 5) is 16.2. The highest BCUT2D eigenvalue weighted by molar-refractivity contribution is 7.11. The number of aromatic nitrogens is 1. The molecule has 0 unspecified atom stereocenters. The molecule has 1 saturated carbocycles. The largest absolute Gasteiger partial charge is 0.459 e. The first kappa shape index (κ1) is 14.1. The lowest BCUT2D eigenvalue weighted by Gasteiger charge is -2.21.